The van der Waals surface area contributed by atoms with Crippen LogP contribution in [0.3, 0.4) is 0 Å². The SMILES string of the molecule is Cn1c(=O)sc2cc(S(=O)(=O)N3CCN(C(=O)CNC(=O)c4cccs4)CC3)ccc21. The van der Waals surface area contributed by atoms with Gasteiger partial charge in [0.15, 0.2) is 0 Å². The van der Waals surface area contributed by atoms with E-state index in [1.54, 1.807) is 35.5 Å². The first kappa shape index (κ1) is 21.7. The maximum absolute atomic E-state index is 13.0. The topological polar surface area (TPSA) is 109 Å². The van der Waals surface area contributed by atoms with Crippen molar-refractivity contribution in [2.24, 2.45) is 7.05 Å². The summed E-state index contributed by atoms with van der Waals surface area (Å²) in [4.78, 5) is 38.2. The highest BCUT2D eigenvalue weighted by atomic mass is 32.2. The van der Waals surface area contributed by atoms with Crippen molar-refractivity contribution >= 4 is 54.7 Å². The molecule has 3 aromatic rings. The molecule has 0 atom stereocenters. The molecule has 3 heterocycles. The fourth-order valence-electron chi connectivity index (χ4n) is 3.36. The number of nitrogens with one attached hydrogen (secondary N) is 1. The number of aryl methyl sites for hydroxylation is 1. The van der Waals surface area contributed by atoms with E-state index >= 15 is 0 Å². The maximum atomic E-state index is 13.0. The van der Waals surface area contributed by atoms with Gasteiger partial charge in [0.05, 0.1) is 26.5 Å². The van der Waals surface area contributed by atoms with Gasteiger partial charge in [-0.05, 0) is 29.6 Å². The van der Waals surface area contributed by atoms with Gasteiger partial charge >= 0.3 is 4.87 Å². The van der Waals surface area contributed by atoms with Gasteiger partial charge < -0.3 is 14.8 Å². The Morgan fingerprint density at radius 3 is 2.55 bits per heavy atom. The minimum absolute atomic E-state index is 0.129. The number of sulfonamides is 1. The van der Waals surface area contributed by atoms with Crippen LogP contribution in [0.5, 0.6) is 0 Å². The van der Waals surface area contributed by atoms with Gasteiger partial charge in [-0.2, -0.15) is 4.31 Å². The summed E-state index contributed by atoms with van der Waals surface area (Å²) in [5, 5.41) is 4.38. The molecule has 0 saturated carbocycles. The summed E-state index contributed by atoms with van der Waals surface area (Å²) in [6.45, 7) is 0.681. The lowest BCUT2D eigenvalue weighted by molar-refractivity contribution is -0.131. The zero-order chi connectivity index (χ0) is 22.2. The van der Waals surface area contributed by atoms with Gasteiger partial charge in [0.25, 0.3) is 5.91 Å². The van der Waals surface area contributed by atoms with Gasteiger partial charge in [-0.1, -0.05) is 17.4 Å². The van der Waals surface area contributed by atoms with Crippen molar-refractivity contribution in [1.82, 2.24) is 19.1 Å². The van der Waals surface area contributed by atoms with E-state index in [9.17, 15) is 22.8 Å². The Bertz CT molecular complexity index is 1290. The summed E-state index contributed by atoms with van der Waals surface area (Å²) in [7, 11) is -2.09. The highest BCUT2D eigenvalue weighted by Gasteiger charge is 2.30. The standard InChI is InChI=1S/C19H20N4O5S3/c1-21-14-5-4-13(11-16(14)30-19(21)26)31(27,28)23-8-6-22(7-9-23)17(24)12-20-18(25)15-3-2-10-29-15/h2-5,10-11H,6-9,12H2,1H3,(H,20,25). The third kappa shape index (κ3) is 4.28. The number of benzene rings is 1. The molecule has 1 fully saturated rings. The first-order valence-electron chi connectivity index (χ1n) is 9.46. The largest absolute Gasteiger partial charge is 0.342 e. The van der Waals surface area contributed by atoms with Gasteiger partial charge in [0.2, 0.25) is 15.9 Å². The second-order valence-corrected chi connectivity index (χ2v) is 10.9. The van der Waals surface area contributed by atoms with E-state index in [1.807, 2.05) is 0 Å². The zero-order valence-electron chi connectivity index (χ0n) is 16.6. The predicted octanol–water partition coefficient (Wildman–Crippen LogP) is 0.924. The van der Waals surface area contributed by atoms with Crippen molar-refractivity contribution in [3.8, 4) is 0 Å². The number of amides is 2. The molecule has 1 aliphatic heterocycles. The van der Waals surface area contributed by atoms with Crippen LogP contribution in [0.2, 0.25) is 0 Å². The average molecular weight is 481 g/mol. The Balaban J connectivity index is 1.38. The molecule has 0 spiro atoms. The normalized spacial score (nSPS) is 15.3. The van der Waals surface area contributed by atoms with Crippen LogP contribution < -0.4 is 10.2 Å². The van der Waals surface area contributed by atoms with E-state index in [2.05, 4.69) is 5.32 Å². The number of nitrogens with zero attached hydrogens (tertiary/aromatic N) is 3. The molecule has 0 bridgehead atoms. The van der Waals surface area contributed by atoms with Gasteiger partial charge in [0.1, 0.15) is 0 Å². The van der Waals surface area contributed by atoms with Crippen molar-refractivity contribution in [2.75, 3.05) is 32.7 Å². The number of hydrogen-bond acceptors (Lipinski definition) is 7. The molecule has 31 heavy (non-hydrogen) atoms. The van der Waals surface area contributed by atoms with Crippen molar-refractivity contribution < 1.29 is 18.0 Å². The number of rotatable bonds is 5. The first-order chi connectivity index (χ1) is 14.8. The van der Waals surface area contributed by atoms with Crippen LogP contribution in [0.25, 0.3) is 10.2 Å². The Hall–Kier alpha value is -2.54. The highest BCUT2D eigenvalue weighted by molar-refractivity contribution is 7.89. The van der Waals surface area contributed by atoms with Crippen LogP contribution in [0.1, 0.15) is 9.67 Å². The molecule has 12 heteroatoms. The summed E-state index contributed by atoms with van der Waals surface area (Å²) >= 11 is 2.30. The van der Waals surface area contributed by atoms with E-state index in [1.165, 1.54) is 32.3 Å². The molecule has 0 aliphatic carbocycles. The molecule has 1 saturated heterocycles. The second-order valence-electron chi connectivity index (χ2n) is 7.00. The molecular formula is C19H20N4O5S3. The van der Waals surface area contributed by atoms with Crippen LogP contribution in [0, 0.1) is 0 Å². The smallest absolute Gasteiger partial charge is 0.307 e. The van der Waals surface area contributed by atoms with Crippen LogP contribution in [0.15, 0.2) is 45.4 Å². The molecule has 0 radical (unpaired) electrons. The minimum Gasteiger partial charge on any atom is -0.342 e. The van der Waals surface area contributed by atoms with Gasteiger partial charge in [-0.15, -0.1) is 11.3 Å². The molecule has 0 unspecified atom stereocenters. The lowest BCUT2D eigenvalue weighted by Crippen LogP contribution is -2.52. The fourth-order valence-corrected chi connectivity index (χ4v) is 6.45. The molecule has 1 N–H and O–H groups in total. The fraction of sp³-hybridized carbons (Fsp3) is 0.316. The van der Waals surface area contributed by atoms with Crippen LogP contribution in [-0.2, 0) is 21.9 Å². The summed E-state index contributed by atoms with van der Waals surface area (Å²) in [6.07, 6.45) is 0. The van der Waals surface area contributed by atoms with E-state index in [-0.39, 0.29) is 54.3 Å². The van der Waals surface area contributed by atoms with Gasteiger partial charge in [0, 0.05) is 33.2 Å². The Kier molecular flexibility index (Phi) is 5.97. The van der Waals surface area contributed by atoms with E-state index in [4.69, 9.17) is 0 Å². The Morgan fingerprint density at radius 1 is 1.13 bits per heavy atom. The van der Waals surface area contributed by atoms with E-state index in [0.29, 0.717) is 15.1 Å². The van der Waals surface area contributed by atoms with E-state index in [0.717, 1.165) is 11.3 Å². The summed E-state index contributed by atoms with van der Waals surface area (Å²) < 4.78 is 29.5. The number of carbonyl (C=O) groups excluding carboxylic acids is 2. The molecule has 4 rings (SSSR count). The molecule has 164 valence electrons. The van der Waals surface area contributed by atoms with Crippen molar-refractivity contribution in [2.45, 2.75) is 4.90 Å². The van der Waals surface area contributed by atoms with Crippen LogP contribution >= 0.6 is 22.7 Å². The summed E-state index contributed by atoms with van der Waals surface area (Å²) in [6, 6.07) is 8.10. The van der Waals surface area contributed by atoms with Gasteiger partial charge in [-0.25, -0.2) is 8.42 Å². The minimum atomic E-state index is -3.74. The number of carbonyl (C=O) groups is 2. The molecule has 1 aromatic carbocycles. The number of hydrogen-bond donors (Lipinski definition) is 1. The van der Waals surface area contributed by atoms with Crippen LogP contribution in [0.4, 0.5) is 0 Å². The first-order valence-corrected chi connectivity index (χ1v) is 12.6. The number of fused-ring (bicyclic) bond motifs is 1. The highest BCUT2D eigenvalue weighted by Crippen LogP contribution is 2.24. The lowest BCUT2D eigenvalue weighted by atomic mass is 10.3. The second kappa shape index (κ2) is 8.54. The van der Waals surface area contributed by atoms with Crippen molar-refractivity contribution in [3.63, 3.8) is 0 Å². The molecule has 9 nitrogen and oxygen atoms in total. The number of thiophene rings is 1. The summed E-state index contributed by atoms with van der Waals surface area (Å²) in [5.41, 5.74) is 0.689. The number of aromatic nitrogens is 1. The molecule has 2 amide bonds. The Morgan fingerprint density at radius 2 is 1.87 bits per heavy atom. The van der Waals surface area contributed by atoms with Crippen LogP contribution in [-0.4, -0.2) is 66.7 Å². The monoisotopic (exact) mass is 480 g/mol. The third-order valence-electron chi connectivity index (χ3n) is 5.14. The van der Waals surface area contributed by atoms with Crippen molar-refractivity contribution in [1.29, 1.82) is 0 Å². The van der Waals surface area contributed by atoms with Crippen molar-refractivity contribution in [3.05, 3.63) is 50.3 Å². The molecular weight excluding hydrogens is 460 g/mol. The average Bonchev–Trinajstić information content (AvgIpc) is 3.40. The Labute approximate surface area is 186 Å². The summed E-state index contributed by atoms with van der Waals surface area (Å²) in [5.74, 6) is -0.555. The third-order valence-corrected chi connectivity index (χ3v) is 8.90. The molecule has 1 aliphatic rings. The lowest BCUT2D eigenvalue weighted by Gasteiger charge is -2.34. The zero-order valence-corrected chi connectivity index (χ0v) is 19.1. The predicted molar refractivity (Wildman–Crippen MR) is 119 cm³/mol. The van der Waals surface area contributed by atoms with E-state index < -0.39 is 10.0 Å². The molecule has 2 aromatic heterocycles. The maximum Gasteiger partial charge on any atom is 0.307 e. The number of piperazine rings is 1. The quantitative estimate of drug-likeness (QED) is 0.584. The van der Waals surface area contributed by atoms with Gasteiger partial charge in [-0.3, -0.25) is 14.4 Å². The number of thiazole rings is 1.